The molecule has 0 amide bonds. The lowest BCUT2D eigenvalue weighted by Gasteiger charge is -2.25. The molecule has 2 aromatic rings. The van der Waals surface area contributed by atoms with Crippen LogP contribution in [-0.2, 0) is 24.4 Å². The third kappa shape index (κ3) is 3.05. The Labute approximate surface area is 129 Å². The van der Waals surface area contributed by atoms with Crippen LogP contribution in [0, 0.1) is 11.8 Å². The number of nitrogens with zero attached hydrogens (tertiary/aromatic N) is 6. The summed E-state index contributed by atoms with van der Waals surface area (Å²) in [6, 6.07) is 0. The fraction of sp³-hybridized carbons (Fsp3) is 0.667. The maximum absolute atomic E-state index is 5.53. The lowest BCUT2D eigenvalue weighted by atomic mass is 10.1. The quantitative estimate of drug-likeness (QED) is 0.829. The zero-order chi connectivity index (χ0) is 14.8. The molecule has 0 N–H and O–H groups in total. The second-order valence-electron chi connectivity index (χ2n) is 6.40. The summed E-state index contributed by atoms with van der Waals surface area (Å²) in [4.78, 5) is 11.1. The average Bonchev–Trinajstić information content (AvgIpc) is 3.22. The van der Waals surface area contributed by atoms with Crippen molar-refractivity contribution in [3.05, 3.63) is 30.9 Å². The predicted octanol–water partition coefficient (Wildman–Crippen LogP) is 0.643. The number of hydrogen-bond acceptors (Lipinski definition) is 5. The minimum atomic E-state index is 0.513. The fourth-order valence-corrected chi connectivity index (χ4v) is 3.56. The van der Waals surface area contributed by atoms with E-state index >= 15 is 0 Å². The van der Waals surface area contributed by atoms with E-state index in [1.54, 1.807) is 12.7 Å². The van der Waals surface area contributed by atoms with Gasteiger partial charge in [-0.15, -0.1) is 0 Å². The van der Waals surface area contributed by atoms with Crippen LogP contribution < -0.4 is 0 Å². The molecule has 1 fully saturated rings. The van der Waals surface area contributed by atoms with Gasteiger partial charge in [0.1, 0.15) is 18.5 Å². The molecule has 0 spiro atoms. The molecule has 1 saturated heterocycles. The van der Waals surface area contributed by atoms with Gasteiger partial charge < -0.3 is 9.30 Å². The highest BCUT2D eigenvalue weighted by atomic mass is 16.5. The first-order chi connectivity index (χ1) is 10.9. The predicted molar refractivity (Wildman–Crippen MR) is 79.9 cm³/mol. The molecule has 7 heteroatoms. The van der Waals surface area contributed by atoms with Crippen molar-refractivity contribution in [1.82, 2.24) is 29.2 Å². The van der Waals surface area contributed by atoms with Gasteiger partial charge in [-0.2, -0.15) is 5.10 Å². The molecule has 118 valence electrons. The Morgan fingerprint density at radius 1 is 1.23 bits per heavy atom. The molecular weight excluding hydrogens is 280 g/mol. The summed E-state index contributed by atoms with van der Waals surface area (Å²) in [7, 11) is 0. The first-order valence-corrected chi connectivity index (χ1v) is 7.99. The minimum absolute atomic E-state index is 0.513. The Balaban J connectivity index is 1.49. The lowest BCUT2D eigenvalue weighted by molar-refractivity contribution is 0.153. The van der Waals surface area contributed by atoms with Crippen molar-refractivity contribution in [2.45, 2.75) is 26.1 Å². The highest BCUT2D eigenvalue weighted by molar-refractivity contribution is 4.96. The Bertz CT molecular complexity index is 589. The molecule has 2 unspecified atom stereocenters. The van der Waals surface area contributed by atoms with Gasteiger partial charge in [0.15, 0.2) is 0 Å². The van der Waals surface area contributed by atoms with Crippen LogP contribution in [0.1, 0.15) is 12.2 Å². The van der Waals surface area contributed by atoms with Crippen LogP contribution in [0.5, 0.6) is 0 Å². The van der Waals surface area contributed by atoms with Crippen molar-refractivity contribution in [3.8, 4) is 0 Å². The van der Waals surface area contributed by atoms with Gasteiger partial charge in [-0.3, -0.25) is 9.58 Å². The summed E-state index contributed by atoms with van der Waals surface area (Å²) in [5, 5.41) is 4.26. The maximum atomic E-state index is 5.53. The van der Waals surface area contributed by atoms with Gasteiger partial charge >= 0.3 is 0 Å². The monoisotopic (exact) mass is 302 g/mol. The third-order valence-electron chi connectivity index (χ3n) is 4.59. The van der Waals surface area contributed by atoms with E-state index < -0.39 is 0 Å². The van der Waals surface area contributed by atoms with Crippen molar-refractivity contribution >= 4 is 0 Å². The van der Waals surface area contributed by atoms with Crippen LogP contribution in [0.25, 0.3) is 0 Å². The van der Waals surface area contributed by atoms with Gasteiger partial charge in [0, 0.05) is 51.1 Å². The van der Waals surface area contributed by atoms with E-state index in [0.717, 1.165) is 45.9 Å². The SMILES string of the molecule is c1cn2c(n1)CN(CC1CCOC1)CC(Cn1cncn1)C2. The van der Waals surface area contributed by atoms with E-state index in [-0.39, 0.29) is 0 Å². The molecule has 2 aliphatic rings. The maximum Gasteiger partial charge on any atom is 0.137 e. The molecule has 4 rings (SSSR count). The number of aromatic nitrogens is 5. The molecule has 0 aromatic carbocycles. The number of ether oxygens (including phenoxy) is 1. The molecule has 0 bridgehead atoms. The van der Waals surface area contributed by atoms with E-state index in [0.29, 0.717) is 11.8 Å². The third-order valence-corrected chi connectivity index (χ3v) is 4.59. The fourth-order valence-electron chi connectivity index (χ4n) is 3.56. The number of hydrogen-bond donors (Lipinski definition) is 0. The molecule has 0 aliphatic carbocycles. The van der Waals surface area contributed by atoms with Crippen LogP contribution >= 0.6 is 0 Å². The van der Waals surface area contributed by atoms with Crippen molar-refractivity contribution < 1.29 is 4.74 Å². The smallest absolute Gasteiger partial charge is 0.137 e. The van der Waals surface area contributed by atoms with Gasteiger partial charge in [0.2, 0.25) is 0 Å². The summed E-state index contributed by atoms with van der Waals surface area (Å²) in [6.45, 7) is 6.80. The van der Waals surface area contributed by atoms with Crippen LogP contribution in [0.2, 0.25) is 0 Å². The normalized spacial score (nSPS) is 26.0. The highest BCUT2D eigenvalue weighted by Crippen LogP contribution is 2.20. The van der Waals surface area contributed by atoms with Crippen LogP contribution in [0.4, 0.5) is 0 Å². The zero-order valence-corrected chi connectivity index (χ0v) is 12.7. The number of rotatable bonds is 4. The van der Waals surface area contributed by atoms with Gasteiger partial charge in [0.05, 0.1) is 13.2 Å². The Morgan fingerprint density at radius 3 is 3.05 bits per heavy atom. The van der Waals surface area contributed by atoms with E-state index in [2.05, 4.69) is 30.7 Å². The first kappa shape index (κ1) is 13.9. The molecule has 0 saturated carbocycles. The Hall–Kier alpha value is -1.73. The van der Waals surface area contributed by atoms with E-state index in [1.807, 2.05) is 10.9 Å². The second kappa shape index (κ2) is 6.18. The summed E-state index contributed by atoms with van der Waals surface area (Å²) in [5.74, 6) is 2.34. The summed E-state index contributed by atoms with van der Waals surface area (Å²) >= 11 is 0. The summed E-state index contributed by atoms with van der Waals surface area (Å²) < 4.78 is 9.74. The number of imidazole rings is 1. The average molecular weight is 302 g/mol. The second-order valence-corrected chi connectivity index (χ2v) is 6.40. The van der Waals surface area contributed by atoms with Crippen LogP contribution in [0.3, 0.4) is 0 Å². The van der Waals surface area contributed by atoms with Crippen molar-refractivity contribution in [3.63, 3.8) is 0 Å². The van der Waals surface area contributed by atoms with Gasteiger partial charge in [-0.25, -0.2) is 9.97 Å². The standard InChI is InChI=1S/C15H22N6O/c1-4-22-10-13(1)5-19-6-14(8-21-12-16-11-18-21)7-20-3-2-17-15(20)9-19/h2-3,11-14H,1,4-10H2. The molecule has 0 radical (unpaired) electrons. The minimum Gasteiger partial charge on any atom is -0.381 e. The summed E-state index contributed by atoms with van der Waals surface area (Å²) in [5.41, 5.74) is 0. The topological polar surface area (TPSA) is 61.0 Å². The van der Waals surface area contributed by atoms with Gasteiger partial charge in [0.25, 0.3) is 0 Å². The van der Waals surface area contributed by atoms with Crippen LogP contribution in [-0.4, -0.2) is 55.5 Å². The van der Waals surface area contributed by atoms with Crippen molar-refractivity contribution in [2.24, 2.45) is 11.8 Å². The Morgan fingerprint density at radius 2 is 2.23 bits per heavy atom. The lowest BCUT2D eigenvalue weighted by Crippen LogP contribution is -2.34. The van der Waals surface area contributed by atoms with Crippen molar-refractivity contribution in [2.75, 3.05) is 26.3 Å². The number of fused-ring (bicyclic) bond motifs is 1. The van der Waals surface area contributed by atoms with E-state index in [1.165, 1.54) is 12.2 Å². The molecular formula is C15H22N6O. The molecule has 2 aromatic heterocycles. The van der Waals surface area contributed by atoms with Gasteiger partial charge in [-0.1, -0.05) is 0 Å². The Kier molecular flexibility index (Phi) is 3.90. The van der Waals surface area contributed by atoms with E-state index in [4.69, 9.17) is 4.74 Å². The first-order valence-electron chi connectivity index (χ1n) is 7.99. The highest BCUT2D eigenvalue weighted by Gasteiger charge is 2.26. The molecule has 2 atom stereocenters. The zero-order valence-electron chi connectivity index (χ0n) is 12.7. The van der Waals surface area contributed by atoms with Gasteiger partial charge in [-0.05, 0) is 12.3 Å². The van der Waals surface area contributed by atoms with Crippen LogP contribution in [0.15, 0.2) is 25.0 Å². The largest absolute Gasteiger partial charge is 0.381 e. The van der Waals surface area contributed by atoms with Crippen molar-refractivity contribution in [1.29, 1.82) is 0 Å². The molecule has 7 nitrogen and oxygen atoms in total. The molecule has 22 heavy (non-hydrogen) atoms. The summed E-state index contributed by atoms with van der Waals surface area (Å²) in [6.07, 6.45) is 8.58. The molecule has 2 aliphatic heterocycles. The molecule has 4 heterocycles. The van der Waals surface area contributed by atoms with E-state index in [9.17, 15) is 0 Å².